The van der Waals surface area contributed by atoms with Crippen molar-refractivity contribution < 1.29 is 9.18 Å². The molecule has 0 saturated heterocycles. The number of anilines is 2. The van der Waals surface area contributed by atoms with Gasteiger partial charge in [-0.2, -0.15) is 0 Å². The van der Waals surface area contributed by atoms with Gasteiger partial charge in [0.1, 0.15) is 5.82 Å². The molecule has 0 heterocycles. The van der Waals surface area contributed by atoms with Crippen molar-refractivity contribution in [3.05, 3.63) is 23.5 Å². The molecule has 5 nitrogen and oxygen atoms in total. The van der Waals surface area contributed by atoms with Gasteiger partial charge < -0.3 is 21.7 Å². The van der Waals surface area contributed by atoms with Crippen molar-refractivity contribution in [1.29, 1.82) is 0 Å². The number of nitrogens with two attached hydrogens (primary N) is 2. The molecule has 1 saturated carbocycles. The molecule has 0 unspecified atom stereocenters. The van der Waals surface area contributed by atoms with E-state index in [1.165, 1.54) is 31.7 Å². The van der Waals surface area contributed by atoms with Gasteiger partial charge in [-0.05, 0) is 32.0 Å². The van der Waals surface area contributed by atoms with Crippen LogP contribution in [0, 0.1) is 5.82 Å². The number of likely N-dealkylation sites (N-methyl/N-ethyl adjacent to an activating group) is 1. The largest absolute Gasteiger partial charge is 0.398 e. The first-order valence-corrected chi connectivity index (χ1v) is 7.32. The SMILES string of the molecule is CN(CCNc1cc(C(N)=O)c(N)cc1F)C1CCCC1. The molecule has 1 aliphatic carbocycles. The first-order valence-electron chi connectivity index (χ1n) is 7.32. The zero-order valence-corrected chi connectivity index (χ0v) is 12.4. The predicted molar refractivity (Wildman–Crippen MR) is 82.7 cm³/mol. The number of benzene rings is 1. The van der Waals surface area contributed by atoms with Gasteiger partial charge in [-0.15, -0.1) is 0 Å². The van der Waals surface area contributed by atoms with E-state index in [1.54, 1.807) is 0 Å². The van der Waals surface area contributed by atoms with Gasteiger partial charge in [0.2, 0.25) is 0 Å². The normalized spacial score (nSPS) is 15.6. The highest BCUT2D eigenvalue weighted by Gasteiger charge is 2.19. The minimum atomic E-state index is -0.654. The molecule has 1 fully saturated rings. The lowest BCUT2D eigenvalue weighted by Crippen LogP contribution is -2.33. The van der Waals surface area contributed by atoms with Gasteiger partial charge in [-0.3, -0.25) is 4.79 Å². The Hall–Kier alpha value is -1.82. The fourth-order valence-corrected chi connectivity index (χ4v) is 2.83. The highest BCUT2D eigenvalue weighted by Crippen LogP contribution is 2.23. The number of amides is 1. The van der Waals surface area contributed by atoms with Gasteiger partial charge in [0.15, 0.2) is 0 Å². The summed E-state index contributed by atoms with van der Waals surface area (Å²) in [4.78, 5) is 13.5. The topological polar surface area (TPSA) is 84.4 Å². The Morgan fingerprint density at radius 3 is 2.71 bits per heavy atom. The van der Waals surface area contributed by atoms with Crippen molar-refractivity contribution in [2.45, 2.75) is 31.7 Å². The zero-order chi connectivity index (χ0) is 15.4. The second kappa shape index (κ2) is 6.76. The molecule has 5 N–H and O–H groups in total. The molecular formula is C15H23FN4O. The molecule has 0 aromatic heterocycles. The fraction of sp³-hybridized carbons (Fsp3) is 0.533. The number of carbonyl (C=O) groups is 1. The Morgan fingerprint density at radius 1 is 1.43 bits per heavy atom. The molecule has 21 heavy (non-hydrogen) atoms. The van der Waals surface area contributed by atoms with Crippen LogP contribution in [0.2, 0.25) is 0 Å². The highest BCUT2D eigenvalue weighted by molar-refractivity contribution is 5.99. The van der Waals surface area contributed by atoms with E-state index in [0.717, 1.165) is 12.6 Å². The molecule has 0 spiro atoms. The summed E-state index contributed by atoms with van der Waals surface area (Å²) in [5, 5.41) is 3.01. The summed E-state index contributed by atoms with van der Waals surface area (Å²) in [5.41, 5.74) is 11.3. The third-order valence-corrected chi connectivity index (χ3v) is 4.13. The molecule has 0 bridgehead atoms. The molecule has 0 aliphatic heterocycles. The Kier molecular flexibility index (Phi) is 5.01. The van der Waals surface area contributed by atoms with Crippen LogP contribution in [-0.2, 0) is 0 Å². The van der Waals surface area contributed by atoms with E-state index in [4.69, 9.17) is 11.5 Å². The van der Waals surface area contributed by atoms with Crippen molar-refractivity contribution in [3.63, 3.8) is 0 Å². The third kappa shape index (κ3) is 3.85. The smallest absolute Gasteiger partial charge is 0.250 e. The predicted octanol–water partition coefficient (Wildman–Crippen LogP) is 1.79. The minimum absolute atomic E-state index is 0.0635. The number of nitrogen functional groups attached to an aromatic ring is 1. The Balaban J connectivity index is 1.93. The average Bonchev–Trinajstić information content (AvgIpc) is 2.94. The summed E-state index contributed by atoms with van der Waals surface area (Å²) in [6.45, 7) is 1.42. The van der Waals surface area contributed by atoms with Crippen LogP contribution in [0.15, 0.2) is 12.1 Å². The maximum atomic E-state index is 13.8. The standard InChI is InChI=1S/C15H23FN4O/c1-20(10-4-2-3-5-10)7-6-19-14-8-11(15(18)21)13(17)9-12(14)16/h8-10,19H,2-7,17H2,1H3,(H2,18,21). The summed E-state index contributed by atoms with van der Waals surface area (Å²) in [6.07, 6.45) is 5.05. The van der Waals surface area contributed by atoms with Gasteiger partial charge in [0.05, 0.1) is 11.3 Å². The Labute approximate surface area is 124 Å². The van der Waals surface area contributed by atoms with Crippen LogP contribution in [0.25, 0.3) is 0 Å². The summed E-state index contributed by atoms with van der Waals surface area (Å²) < 4.78 is 13.8. The maximum Gasteiger partial charge on any atom is 0.250 e. The number of hydrogen-bond donors (Lipinski definition) is 3. The molecule has 1 amide bonds. The van der Waals surface area contributed by atoms with Crippen LogP contribution < -0.4 is 16.8 Å². The second-order valence-electron chi connectivity index (χ2n) is 5.63. The van der Waals surface area contributed by atoms with Crippen molar-refractivity contribution >= 4 is 17.3 Å². The molecule has 116 valence electrons. The number of nitrogens with zero attached hydrogens (tertiary/aromatic N) is 1. The molecule has 0 atom stereocenters. The number of nitrogens with one attached hydrogen (secondary N) is 1. The summed E-state index contributed by atoms with van der Waals surface area (Å²) >= 11 is 0. The minimum Gasteiger partial charge on any atom is -0.398 e. The Bertz CT molecular complexity index is 515. The number of rotatable bonds is 6. The van der Waals surface area contributed by atoms with Gasteiger partial charge in [-0.25, -0.2) is 4.39 Å². The number of hydrogen-bond acceptors (Lipinski definition) is 4. The summed E-state index contributed by atoms with van der Waals surface area (Å²) in [5.74, 6) is -1.13. The van der Waals surface area contributed by atoms with Crippen molar-refractivity contribution in [2.24, 2.45) is 5.73 Å². The van der Waals surface area contributed by atoms with E-state index in [9.17, 15) is 9.18 Å². The fourth-order valence-electron chi connectivity index (χ4n) is 2.83. The van der Waals surface area contributed by atoms with E-state index in [1.807, 2.05) is 0 Å². The van der Waals surface area contributed by atoms with Gasteiger partial charge in [-0.1, -0.05) is 12.8 Å². The maximum absolute atomic E-state index is 13.8. The van der Waals surface area contributed by atoms with E-state index >= 15 is 0 Å². The number of halogens is 1. The second-order valence-corrected chi connectivity index (χ2v) is 5.63. The number of carbonyl (C=O) groups excluding carboxylic acids is 1. The average molecular weight is 294 g/mol. The molecule has 6 heteroatoms. The van der Waals surface area contributed by atoms with Crippen LogP contribution >= 0.6 is 0 Å². The first kappa shape index (κ1) is 15.6. The third-order valence-electron chi connectivity index (χ3n) is 4.13. The molecule has 1 aliphatic rings. The lowest BCUT2D eigenvalue weighted by molar-refractivity contribution is 0.100. The number of primary amides is 1. The summed E-state index contributed by atoms with van der Waals surface area (Å²) in [7, 11) is 2.09. The molecule has 1 aromatic rings. The lowest BCUT2D eigenvalue weighted by Gasteiger charge is -2.24. The van der Waals surface area contributed by atoms with Crippen molar-refractivity contribution in [2.75, 3.05) is 31.2 Å². The summed E-state index contributed by atoms with van der Waals surface area (Å²) in [6, 6.07) is 3.13. The van der Waals surface area contributed by atoms with Gasteiger partial charge >= 0.3 is 0 Å². The van der Waals surface area contributed by atoms with Crippen LogP contribution in [-0.4, -0.2) is 37.0 Å². The van der Waals surface area contributed by atoms with Crippen LogP contribution in [0.3, 0.4) is 0 Å². The lowest BCUT2D eigenvalue weighted by atomic mass is 10.1. The van der Waals surface area contributed by atoms with Crippen molar-refractivity contribution in [1.82, 2.24) is 4.90 Å². The van der Waals surface area contributed by atoms with Crippen LogP contribution in [0.5, 0.6) is 0 Å². The first-order chi connectivity index (χ1) is 9.99. The molecule has 0 radical (unpaired) electrons. The van der Waals surface area contributed by atoms with Gasteiger partial charge in [0.25, 0.3) is 5.91 Å². The molecular weight excluding hydrogens is 271 g/mol. The monoisotopic (exact) mass is 294 g/mol. The van der Waals surface area contributed by atoms with E-state index in [0.29, 0.717) is 12.6 Å². The quantitative estimate of drug-likeness (QED) is 0.698. The van der Waals surface area contributed by atoms with Gasteiger partial charge in [0, 0.05) is 24.8 Å². The van der Waals surface area contributed by atoms with E-state index < -0.39 is 11.7 Å². The highest BCUT2D eigenvalue weighted by atomic mass is 19.1. The Morgan fingerprint density at radius 2 is 2.10 bits per heavy atom. The molecule has 1 aromatic carbocycles. The van der Waals surface area contributed by atoms with Crippen LogP contribution in [0.1, 0.15) is 36.0 Å². The van der Waals surface area contributed by atoms with Crippen molar-refractivity contribution in [3.8, 4) is 0 Å². The van der Waals surface area contributed by atoms with E-state index in [-0.39, 0.29) is 16.9 Å². The van der Waals surface area contributed by atoms with Crippen LogP contribution in [0.4, 0.5) is 15.8 Å². The zero-order valence-electron chi connectivity index (χ0n) is 12.4. The molecule has 2 rings (SSSR count). The van der Waals surface area contributed by atoms with E-state index in [2.05, 4.69) is 17.3 Å².